The van der Waals surface area contributed by atoms with Crippen LogP contribution >= 0.6 is 0 Å². The van der Waals surface area contributed by atoms with Gasteiger partial charge in [0.1, 0.15) is 24.2 Å². The number of Topliss-reactive ketones (excluding diaryl/α,β-unsaturated/α-hetero) is 2. The second-order valence-corrected chi connectivity index (χ2v) is 10.8. The second kappa shape index (κ2) is 15.7. The summed E-state index contributed by atoms with van der Waals surface area (Å²) in [6, 6.07) is -6.49. The van der Waals surface area contributed by atoms with Gasteiger partial charge in [0.15, 0.2) is 5.78 Å². The lowest BCUT2D eigenvalue weighted by atomic mass is 9.91. The Bertz CT molecular complexity index is 1020. The summed E-state index contributed by atoms with van der Waals surface area (Å²) in [7, 11) is 0. The Kier molecular flexibility index (Phi) is 13.4. The highest BCUT2D eigenvalue weighted by atomic mass is 16.6. The molecule has 0 radical (unpaired) electrons. The number of carbonyl (C=O) groups is 7. The molecule has 0 aromatic heterocycles. The molecule has 1 rings (SSSR count). The van der Waals surface area contributed by atoms with Gasteiger partial charge in [0.25, 0.3) is 5.91 Å². The molecule has 4 atom stereocenters. The van der Waals surface area contributed by atoms with Gasteiger partial charge < -0.3 is 30.7 Å². The molecule has 41 heavy (non-hydrogen) atoms. The molecular formula is C27H43N5O9. The molecule has 0 aliphatic carbocycles. The molecule has 0 bridgehead atoms. The van der Waals surface area contributed by atoms with Gasteiger partial charge in [-0.15, -0.1) is 6.58 Å². The van der Waals surface area contributed by atoms with Crippen LogP contribution in [-0.4, -0.2) is 95.8 Å². The van der Waals surface area contributed by atoms with Crippen LogP contribution in [0, 0.1) is 5.92 Å². The molecule has 14 nitrogen and oxygen atoms in total. The normalized spacial score (nSPS) is 18.0. The van der Waals surface area contributed by atoms with Crippen molar-refractivity contribution in [1.29, 1.82) is 0 Å². The van der Waals surface area contributed by atoms with Gasteiger partial charge in [-0.25, -0.2) is 9.59 Å². The molecule has 0 aromatic carbocycles. The van der Waals surface area contributed by atoms with Crippen molar-refractivity contribution in [3.05, 3.63) is 12.7 Å². The first-order chi connectivity index (χ1) is 19.1. The summed E-state index contributed by atoms with van der Waals surface area (Å²) >= 11 is 0. The number of amides is 5. The van der Waals surface area contributed by atoms with Gasteiger partial charge in [0.05, 0.1) is 18.7 Å². The summed E-state index contributed by atoms with van der Waals surface area (Å²) in [6.45, 7) is 14.4. The van der Waals surface area contributed by atoms with Crippen molar-refractivity contribution in [2.45, 2.75) is 91.1 Å². The fraction of sp³-hybridized carbons (Fsp3) is 0.667. The topological polar surface area (TPSA) is 189 Å². The highest BCUT2D eigenvalue weighted by molar-refractivity contribution is 6.38. The summed E-state index contributed by atoms with van der Waals surface area (Å²) in [5.41, 5.74) is -0.853. The van der Waals surface area contributed by atoms with Crippen LogP contribution in [0.4, 0.5) is 9.59 Å². The van der Waals surface area contributed by atoms with E-state index < -0.39 is 83.7 Å². The van der Waals surface area contributed by atoms with Gasteiger partial charge in [-0.2, -0.15) is 0 Å². The average Bonchev–Trinajstić information content (AvgIpc) is 3.19. The van der Waals surface area contributed by atoms with Crippen LogP contribution in [0.2, 0.25) is 0 Å². The van der Waals surface area contributed by atoms with E-state index in [4.69, 9.17) is 9.47 Å². The number of ketones is 2. The molecule has 4 N–H and O–H groups in total. The Labute approximate surface area is 240 Å². The molecule has 230 valence electrons. The minimum atomic E-state index is -1.61. The fourth-order valence-electron chi connectivity index (χ4n) is 4.06. The number of hydrogen-bond donors (Lipinski definition) is 4. The van der Waals surface area contributed by atoms with E-state index in [1.165, 1.54) is 6.08 Å². The van der Waals surface area contributed by atoms with Crippen LogP contribution in [-0.2, 0) is 33.4 Å². The predicted octanol–water partition coefficient (Wildman–Crippen LogP) is 0.587. The van der Waals surface area contributed by atoms with Crippen LogP contribution in [0.1, 0.15) is 61.3 Å². The number of hydrogen-bond acceptors (Lipinski definition) is 9. The molecular weight excluding hydrogens is 538 g/mol. The first-order valence-corrected chi connectivity index (χ1v) is 13.6. The van der Waals surface area contributed by atoms with Crippen molar-refractivity contribution in [2.24, 2.45) is 5.92 Å². The van der Waals surface area contributed by atoms with Gasteiger partial charge >= 0.3 is 18.1 Å². The van der Waals surface area contributed by atoms with E-state index in [1.807, 2.05) is 0 Å². The number of ether oxygens (including phenoxy) is 2. The minimum absolute atomic E-state index is 0.00957. The van der Waals surface area contributed by atoms with Crippen LogP contribution in [0.15, 0.2) is 12.7 Å². The molecule has 1 aliphatic rings. The van der Waals surface area contributed by atoms with Crippen LogP contribution in [0.5, 0.6) is 0 Å². The second-order valence-electron chi connectivity index (χ2n) is 10.8. The largest absolute Gasteiger partial charge is 0.465 e. The van der Waals surface area contributed by atoms with E-state index in [9.17, 15) is 33.6 Å². The van der Waals surface area contributed by atoms with E-state index in [0.29, 0.717) is 6.42 Å². The lowest BCUT2D eigenvalue weighted by molar-refractivity contribution is -0.145. The highest BCUT2D eigenvalue weighted by Crippen LogP contribution is 2.20. The smallest absolute Gasteiger partial charge is 0.408 e. The summed E-state index contributed by atoms with van der Waals surface area (Å²) in [4.78, 5) is 91.0. The molecule has 1 aliphatic heterocycles. The van der Waals surface area contributed by atoms with Crippen molar-refractivity contribution in [2.75, 3.05) is 19.7 Å². The molecule has 5 amide bonds. The first kappa shape index (κ1) is 35.1. The first-order valence-electron chi connectivity index (χ1n) is 13.6. The zero-order valence-electron chi connectivity index (χ0n) is 24.8. The van der Waals surface area contributed by atoms with Gasteiger partial charge in [-0.1, -0.05) is 33.3 Å². The molecule has 2 unspecified atom stereocenters. The Morgan fingerprint density at radius 2 is 1.73 bits per heavy atom. The van der Waals surface area contributed by atoms with Gasteiger partial charge in [-0.3, -0.25) is 28.9 Å². The maximum Gasteiger partial charge on any atom is 0.408 e. The molecule has 0 saturated carbocycles. The SMILES string of the molecule is C=CCNC(=O)C(=O)C(CCC)NC(=O)[C@H]1C(C(=O)[C@@H](NC(=O)OC(C)(C)C)C(C)C)NC(=O)N1CC(=O)OCC. The minimum Gasteiger partial charge on any atom is -0.465 e. The summed E-state index contributed by atoms with van der Waals surface area (Å²) in [5.74, 6) is -4.86. The molecule has 1 fully saturated rings. The standard InChI is InChI=1S/C27H43N5O9/c1-9-12-16(21(34)24(37)28-13-10-2)29-23(36)20-19(30-25(38)32(20)14-17(33)40-11-3)22(35)18(15(4)5)31-26(39)41-27(6,7)8/h10,15-16,18-20H,2,9,11-14H2,1,3-8H3,(H,28,37)(H,29,36)(H,30,38)(H,31,39)/t16?,18-,19?,20+/m0/s1. The van der Waals surface area contributed by atoms with E-state index >= 15 is 0 Å². The quantitative estimate of drug-likeness (QED) is 0.122. The molecule has 1 saturated heterocycles. The zero-order chi connectivity index (χ0) is 31.5. The number of nitrogens with zero attached hydrogens (tertiary/aromatic N) is 1. The van der Waals surface area contributed by atoms with Crippen molar-refractivity contribution < 1.29 is 43.0 Å². The van der Waals surface area contributed by atoms with Crippen LogP contribution in [0.25, 0.3) is 0 Å². The van der Waals surface area contributed by atoms with Gasteiger partial charge in [-0.05, 0) is 40.0 Å². The lowest BCUT2D eigenvalue weighted by Gasteiger charge is -2.30. The molecule has 0 spiro atoms. The number of urea groups is 1. The average molecular weight is 582 g/mol. The van der Waals surface area contributed by atoms with Crippen molar-refractivity contribution in [3.8, 4) is 0 Å². The zero-order valence-corrected chi connectivity index (χ0v) is 24.8. The fourth-order valence-corrected chi connectivity index (χ4v) is 4.06. The number of alkyl carbamates (subject to hydrolysis) is 1. The Hall–Kier alpha value is -3.97. The van der Waals surface area contributed by atoms with Crippen molar-refractivity contribution in [3.63, 3.8) is 0 Å². The van der Waals surface area contributed by atoms with Crippen molar-refractivity contribution in [1.82, 2.24) is 26.2 Å². The molecule has 1 heterocycles. The lowest BCUT2D eigenvalue weighted by Crippen LogP contribution is -2.60. The Morgan fingerprint density at radius 1 is 1.10 bits per heavy atom. The number of rotatable bonds is 15. The monoisotopic (exact) mass is 581 g/mol. The number of esters is 1. The van der Waals surface area contributed by atoms with E-state index in [0.717, 1.165) is 4.90 Å². The summed E-state index contributed by atoms with van der Waals surface area (Å²) in [6.07, 6.45) is 1.01. The van der Waals surface area contributed by atoms with Gasteiger partial charge in [0, 0.05) is 6.54 Å². The van der Waals surface area contributed by atoms with Crippen LogP contribution < -0.4 is 21.3 Å². The van der Waals surface area contributed by atoms with E-state index in [2.05, 4.69) is 27.8 Å². The highest BCUT2D eigenvalue weighted by Gasteiger charge is 2.51. The maximum absolute atomic E-state index is 13.7. The third-order valence-corrected chi connectivity index (χ3v) is 5.86. The number of nitrogens with one attached hydrogen (secondary N) is 4. The van der Waals surface area contributed by atoms with Crippen LogP contribution in [0.3, 0.4) is 0 Å². The van der Waals surface area contributed by atoms with Crippen molar-refractivity contribution >= 4 is 41.5 Å². The van der Waals surface area contributed by atoms with Gasteiger partial charge in [0.2, 0.25) is 11.7 Å². The summed E-state index contributed by atoms with van der Waals surface area (Å²) in [5, 5.41) is 9.75. The third kappa shape index (κ3) is 10.5. The molecule has 14 heteroatoms. The Morgan fingerprint density at radius 3 is 2.24 bits per heavy atom. The maximum atomic E-state index is 13.7. The third-order valence-electron chi connectivity index (χ3n) is 5.86. The Balaban J connectivity index is 3.40. The van der Waals surface area contributed by atoms with E-state index in [1.54, 1.807) is 48.5 Å². The molecule has 0 aromatic rings. The number of carbonyl (C=O) groups excluding carboxylic acids is 7. The summed E-state index contributed by atoms with van der Waals surface area (Å²) < 4.78 is 10.2. The predicted molar refractivity (Wildman–Crippen MR) is 148 cm³/mol. The van der Waals surface area contributed by atoms with E-state index in [-0.39, 0.29) is 19.6 Å².